The van der Waals surface area contributed by atoms with E-state index in [1.54, 1.807) is 17.5 Å². The zero-order chi connectivity index (χ0) is 24.0. The van der Waals surface area contributed by atoms with Crippen molar-refractivity contribution in [3.05, 3.63) is 114 Å². The number of aryl methyl sites for hydroxylation is 2. The first-order chi connectivity index (χ1) is 17.2. The summed E-state index contributed by atoms with van der Waals surface area (Å²) in [7, 11) is 0. The Balaban J connectivity index is 1.45. The van der Waals surface area contributed by atoms with Gasteiger partial charge in [-0.2, -0.15) is 0 Å². The van der Waals surface area contributed by atoms with Crippen molar-refractivity contribution < 1.29 is 4.79 Å². The topological polar surface area (TPSA) is 51.0 Å². The Labute approximate surface area is 209 Å². The van der Waals surface area contributed by atoms with Gasteiger partial charge in [-0.25, -0.2) is 9.97 Å². The van der Waals surface area contributed by atoms with E-state index in [0.29, 0.717) is 13.0 Å². The summed E-state index contributed by atoms with van der Waals surface area (Å²) in [6, 6.07) is 26.8. The number of nitrogens with zero attached hydrogens (tertiary/aromatic N) is 4. The number of imidazole rings is 1. The van der Waals surface area contributed by atoms with Crippen LogP contribution in [0.4, 0.5) is 5.13 Å². The van der Waals surface area contributed by atoms with Crippen LogP contribution in [0.5, 0.6) is 0 Å². The van der Waals surface area contributed by atoms with Gasteiger partial charge in [0.05, 0.1) is 16.5 Å². The number of thiazole rings is 1. The standard InChI is InChI=1S/C29H28N4OS/c1-22-10-8-15-26-28(22)31-29(35-26)33(18-9-17-32-19-16-30-21-32)27(34)20-25(23-11-4-2-5-12-23)24-13-6-3-7-14-24/h2-8,10-16,19,21,25H,9,17-18,20H2,1H3. The molecule has 5 nitrogen and oxygen atoms in total. The number of hydrogen-bond acceptors (Lipinski definition) is 4. The van der Waals surface area contributed by atoms with Crippen molar-refractivity contribution in [3.8, 4) is 0 Å². The van der Waals surface area contributed by atoms with Gasteiger partial charge in [-0.15, -0.1) is 0 Å². The van der Waals surface area contributed by atoms with E-state index < -0.39 is 0 Å². The molecule has 1 amide bonds. The number of carbonyl (C=O) groups is 1. The molecule has 6 heteroatoms. The average Bonchev–Trinajstić information content (AvgIpc) is 3.57. The molecule has 0 radical (unpaired) electrons. The van der Waals surface area contributed by atoms with E-state index in [1.807, 2.05) is 64.5 Å². The molecule has 0 fully saturated rings. The van der Waals surface area contributed by atoms with Crippen LogP contribution in [0.2, 0.25) is 0 Å². The Morgan fingerprint density at radius 3 is 2.31 bits per heavy atom. The van der Waals surface area contributed by atoms with Crippen LogP contribution in [0, 0.1) is 6.92 Å². The van der Waals surface area contributed by atoms with E-state index in [1.165, 1.54) is 0 Å². The Bertz CT molecular complexity index is 1340. The molecule has 2 heterocycles. The first-order valence-electron chi connectivity index (χ1n) is 11.9. The van der Waals surface area contributed by atoms with E-state index in [4.69, 9.17) is 4.98 Å². The predicted molar refractivity (Wildman–Crippen MR) is 143 cm³/mol. The minimum atomic E-state index is -0.0165. The lowest BCUT2D eigenvalue weighted by Gasteiger charge is -2.24. The van der Waals surface area contributed by atoms with Crippen LogP contribution >= 0.6 is 11.3 Å². The quantitative estimate of drug-likeness (QED) is 0.244. The largest absolute Gasteiger partial charge is 0.337 e. The molecule has 0 aliphatic heterocycles. The summed E-state index contributed by atoms with van der Waals surface area (Å²) in [5, 5.41) is 0.768. The summed E-state index contributed by atoms with van der Waals surface area (Å²) >= 11 is 1.59. The highest BCUT2D eigenvalue weighted by Crippen LogP contribution is 2.33. The lowest BCUT2D eigenvalue weighted by molar-refractivity contribution is -0.118. The maximum Gasteiger partial charge on any atom is 0.229 e. The maximum absolute atomic E-state index is 13.9. The van der Waals surface area contributed by atoms with Gasteiger partial charge in [0.2, 0.25) is 5.91 Å². The van der Waals surface area contributed by atoms with E-state index in [-0.39, 0.29) is 11.8 Å². The Morgan fingerprint density at radius 2 is 1.69 bits per heavy atom. The molecular formula is C29H28N4OS. The molecule has 0 spiro atoms. The fourth-order valence-corrected chi connectivity index (χ4v) is 5.52. The lowest BCUT2D eigenvalue weighted by atomic mass is 9.88. The third kappa shape index (κ3) is 5.33. The molecule has 0 aliphatic carbocycles. The van der Waals surface area contributed by atoms with Gasteiger partial charge in [0.1, 0.15) is 0 Å². The molecular weight excluding hydrogens is 452 g/mol. The highest BCUT2D eigenvalue weighted by molar-refractivity contribution is 7.22. The summed E-state index contributed by atoms with van der Waals surface area (Å²) < 4.78 is 3.15. The lowest BCUT2D eigenvalue weighted by Crippen LogP contribution is -2.33. The smallest absolute Gasteiger partial charge is 0.229 e. The normalized spacial score (nSPS) is 11.3. The van der Waals surface area contributed by atoms with Crippen LogP contribution in [0.1, 0.15) is 35.4 Å². The minimum absolute atomic E-state index is 0.0165. The van der Waals surface area contributed by atoms with Gasteiger partial charge < -0.3 is 4.57 Å². The highest BCUT2D eigenvalue weighted by Gasteiger charge is 2.25. The minimum Gasteiger partial charge on any atom is -0.337 e. The van der Waals surface area contributed by atoms with Gasteiger partial charge in [-0.05, 0) is 36.1 Å². The highest BCUT2D eigenvalue weighted by atomic mass is 32.1. The number of para-hydroxylation sites is 1. The van der Waals surface area contributed by atoms with Crippen molar-refractivity contribution in [2.45, 2.75) is 32.2 Å². The summed E-state index contributed by atoms with van der Waals surface area (Å²) in [6.07, 6.45) is 6.75. The Morgan fingerprint density at radius 1 is 0.971 bits per heavy atom. The molecule has 0 N–H and O–H groups in total. The third-order valence-corrected chi connectivity index (χ3v) is 7.32. The van der Waals surface area contributed by atoms with Gasteiger partial charge in [0, 0.05) is 37.8 Å². The van der Waals surface area contributed by atoms with Crippen molar-refractivity contribution in [1.82, 2.24) is 14.5 Å². The van der Waals surface area contributed by atoms with Gasteiger partial charge in [0.25, 0.3) is 0 Å². The molecule has 2 aromatic heterocycles. The molecule has 5 rings (SSSR count). The second-order valence-corrected chi connectivity index (χ2v) is 9.70. The molecule has 0 bridgehead atoms. The van der Waals surface area contributed by atoms with Crippen LogP contribution in [0.3, 0.4) is 0 Å². The molecule has 35 heavy (non-hydrogen) atoms. The Kier molecular flexibility index (Phi) is 7.00. The summed E-state index contributed by atoms with van der Waals surface area (Å²) in [6.45, 7) is 3.47. The van der Waals surface area contributed by atoms with Crippen molar-refractivity contribution in [3.63, 3.8) is 0 Å². The van der Waals surface area contributed by atoms with Crippen LogP contribution in [-0.4, -0.2) is 27.0 Å². The molecule has 5 aromatic rings. The van der Waals surface area contributed by atoms with Crippen molar-refractivity contribution >= 4 is 32.6 Å². The molecule has 176 valence electrons. The number of carbonyl (C=O) groups excluding carboxylic acids is 1. The van der Waals surface area contributed by atoms with Gasteiger partial charge in [-0.3, -0.25) is 9.69 Å². The first-order valence-corrected chi connectivity index (χ1v) is 12.7. The SMILES string of the molecule is Cc1cccc2sc(N(CCCn3ccnc3)C(=O)CC(c3ccccc3)c3ccccc3)nc12. The molecule has 0 atom stereocenters. The third-order valence-electron chi connectivity index (χ3n) is 6.28. The van der Waals surface area contributed by atoms with Gasteiger partial charge in [-0.1, -0.05) is 84.1 Å². The maximum atomic E-state index is 13.9. The second-order valence-electron chi connectivity index (χ2n) is 8.70. The van der Waals surface area contributed by atoms with Gasteiger partial charge in [0.15, 0.2) is 5.13 Å². The average molecular weight is 481 g/mol. The predicted octanol–water partition coefficient (Wildman–Crippen LogP) is 6.45. The van der Waals surface area contributed by atoms with Crippen LogP contribution < -0.4 is 4.90 Å². The number of anilines is 1. The van der Waals surface area contributed by atoms with Crippen molar-refractivity contribution in [2.24, 2.45) is 0 Å². The van der Waals surface area contributed by atoms with Crippen LogP contribution in [0.15, 0.2) is 97.6 Å². The number of benzene rings is 3. The molecule has 0 saturated carbocycles. The summed E-state index contributed by atoms with van der Waals surface area (Å²) in [5.41, 5.74) is 4.39. The van der Waals surface area contributed by atoms with E-state index in [2.05, 4.69) is 48.3 Å². The number of amides is 1. The summed E-state index contributed by atoms with van der Waals surface area (Å²) in [5.74, 6) is 0.0715. The fourth-order valence-electron chi connectivity index (χ4n) is 4.43. The van der Waals surface area contributed by atoms with Gasteiger partial charge >= 0.3 is 0 Å². The number of rotatable bonds is 9. The van der Waals surface area contributed by atoms with E-state index >= 15 is 0 Å². The van der Waals surface area contributed by atoms with E-state index in [9.17, 15) is 4.79 Å². The molecule has 0 unspecified atom stereocenters. The van der Waals surface area contributed by atoms with Crippen molar-refractivity contribution in [1.29, 1.82) is 0 Å². The zero-order valence-electron chi connectivity index (χ0n) is 19.7. The van der Waals surface area contributed by atoms with Crippen LogP contribution in [-0.2, 0) is 11.3 Å². The summed E-state index contributed by atoms with van der Waals surface area (Å²) in [4.78, 5) is 24.9. The van der Waals surface area contributed by atoms with Crippen molar-refractivity contribution in [2.75, 3.05) is 11.4 Å². The molecule has 0 aliphatic rings. The first kappa shape index (κ1) is 23.0. The van der Waals surface area contributed by atoms with E-state index in [0.717, 1.165) is 45.0 Å². The van der Waals surface area contributed by atoms with Crippen LogP contribution in [0.25, 0.3) is 10.2 Å². The number of aromatic nitrogens is 3. The second kappa shape index (κ2) is 10.7. The number of fused-ring (bicyclic) bond motifs is 1. The number of hydrogen-bond donors (Lipinski definition) is 0. The fraction of sp³-hybridized carbons (Fsp3) is 0.207. The monoisotopic (exact) mass is 480 g/mol. The molecule has 0 saturated heterocycles. The molecule has 3 aromatic carbocycles. The zero-order valence-corrected chi connectivity index (χ0v) is 20.6. The Hall–Kier alpha value is -3.77.